The fourth-order valence-corrected chi connectivity index (χ4v) is 2.59. The summed E-state index contributed by atoms with van der Waals surface area (Å²) in [6.07, 6.45) is 4.21. The molecule has 0 spiro atoms. The summed E-state index contributed by atoms with van der Waals surface area (Å²) in [6.45, 7) is 6.18. The molecule has 24 heavy (non-hydrogen) atoms. The van der Waals surface area contributed by atoms with Crippen molar-refractivity contribution in [1.82, 2.24) is 0 Å². The molecular weight excluding hydrogens is 320 g/mol. The fraction of sp³-hybridized carbons (Fsp3) is 0.250. The molecule has 0 saturated heterocycles. The number of nitrogens with one attached hydrogen (secondary N) is 2. The molecule has 1 atom stereocenters. The standard InChI is InChI=1S/C20H23ClN2O/c1-3-23(13-7-10-17-8-5-4-6-9-17)15-20(24)22-19-14-18(21)12-11-16(19)2/h4-12,14H,3,13,15H2,1-2H3,(H,22,24)/p+1/b10-7+. The number of anilines is 1. The second-order valence-electron chi connectivity index (χ2n) is 5.80. The number of carbonyl (C=O) groups is 1. The van der Waals surface area contributed by atoms with E-state index in [9.17, 15) is 4.79 Å². The number of amides is 1. The van der Waals surface area contributed by atoms with Crippen molar-refractivity contribution in [1.29, 1.82) is 0 Å². The molecule has 0 aliphatic carbocycles. The monoisotopic (exact) mass is 343 g/mol. The van der Waals surface area contributed by atoms with Crippen LogP contribution in [0, 0.1) is 6.92 Å². The van der Waals surface area contributed by atoms with E-state index in [0.29, 0.717) is 11.6 Å². The van der Waals surface area contributed by atoms with Crippen molar-refractivity contribution < 1.29 is 9.69 Å². The summed E-state index contributed by atoms with van der Waals surface area (Å²) in [5.74, 6) is 0.00493. The van der Waals surface area contributed by atoms with Gasteiger partial charge in [0.2, 0.25) is 0 Å². The first kappa shape index (κ1) is 18.2. The molecule has 2 aromatic carbocycles. The van der Waals surface area contributed by atoms with Crippen LogP contribution in [0.15, 0.2) is 54.6 Å². The number of likely N-dealkylation sites (N-methyl/N-ethyl adjacent to an activating group) is 1. The number of hydrogen-bond acceptors (Lipinski definition) is 1. The fourth-order valence-electron chi connectivity index (χ4n) is 2.42. The van der Waals surface area contributed by atoms with E-state index in [2.05, 4.69) is 36.5 Å². The Bertz CT molecular complexity index is 698. The predicted octanol–water partition coefficient (Wildman–Crippen LogP) is 3.21. The molecule has 0 aliphatic rings. The largest absolute Gasteiger partial charge is 0.324 e. The molecule has 126 valence electrons. The van der Waals surface area contributed by atoms with Gasteiger partial charge in [-0.3, -0.25) is 4.79 Å². The van der Waals surface area contributed by atoms with Crippen molar-refractivity contribution in [3.63, 3.8) is 0 Å². The number of benzene rings is 2. The lowest BCUT2D eigenvalue weighted by Gasteiger charge is -2.16. The van der Waals surface area contributed by atoms with Gasteiger partial charge >= 0.3 is 0 Å². The molecule has 2 N–H and O–H groups in total. The lowest BCUT2D eigenvalue weighted by molar-refractivity contribution is -0.883. The molecule has 0 saturated carbocycles. The minimum Gasteiger partial charge on any atom is -0.324 e. The Morgan fingerprint density at radius 3 is 2.67 bits per heavy atom. The number of quaternary nitrogens is 1. The zero-order chi connectivity index (χ0) is 17.4. The summed E-state index contributed by atoms with van der Waals surface area (Å²) in [4.78, 5) is 13.5. The van der Waals surface area contributed by atoms with Crippen LogP contribution in [0.2, 0.25) is 5.02 Å². The zero-order valence-corrected chi connectivity index (χ0v) is 14.9. The van der Waals surface area contributed by atoms with Crippen molar-refractivity contribution in [3.05, 3.63) is 70.8 Å². The Morgan fingerprint density at radius 1 is 1.21 bits per heavy atom. The van der Waals surface area contributed by atoms with Gasteiger partial charge in [0.1, 0.15) is 0 Å². The molecule has 1 amide bonds. The third kappa shape index (κ3) is 5.84. The first-order valence-electron chi connectivity index (χ1n) is 8.19. The van der Waals surface area contributed by atoms with Gasteiger partial charge in [-0.15, -0.1) is 0 Å². The molecule has 0 bridgehead atoms. The lowest BCUT2D eigenvalue weighted by Crippen LogP contribution is -3.12. The zero-order valence-electron chi connectivity index (χ0n) is 14.2. The van der Waals surface area contributed by atoms with Crippen molar-refractivity contribution >= 4 is 29.3 Å². The maximum atomic E-state index is 12.3. The highest BCUT2D eigenvalue weighted by Gasteiger charge is 2.12. The summed E-state index contributed by atoms with van der Waals surface area (Å²) >= 11 is 5.99. The number of rotatable bonds is 7. The van der Waals surface area contributed by atoms with E-state index in [0.717, 1.165) is 24.3 Å². The van der Waals surface area contributed by atoms with Crippen LogP contribution in [0.5, 0.6) is 0 Å². The Kier molecular flexibility index (Phi) is 7.04. The van der Waals surface area contributed by atoms with Gasteiger partial charge in [0.25, 0.3) is 5.91 Å². The van der Waals surface area contributed by atoms with E-state index in [1.807, 2.05) is 37.3 Å². The Hall–Kier alpha value is -2.10. The van der Waals surface area contributed by atoms with Gasteiger partial charge in [-0.2, -0.15) is 0 Å². The van der Waals surface area contributed by atoms with Crippen LogP contribution in [0.4, 0.5) is 5.69 Å². The average molecular weight is 344 g/mol. The van der Waals surface area contributed by atoms with Crippen LogP contribution < -0.4 is 10.2 Å². The molecule has 2 aromatic rings. The quantitative estimate of drug-likeness (QED) is 0.795. The van der Waals surface area contributed by atoms with E-state index in [1.165, 1.54) is 10.5 Å². The van der Waals surface area contributed by atoms with E-state index in [1.54, 1.807) is 6.07 Å². The second kappa shape index (κ2) is 9.26. The van der Waals surface area contributed by atoms with Gasteiger partial charge in [-0.05, 0) is 43.2 Å². The first-order valence-corrected chi connectivity index (χ1v) is 8.57. The molecular formula is C20H24ClN2O+. The molecule has 0 fully saturated rings. The topological polar surface area (TPSA) is 33.5 Å². The minimum absolute atomic E-state index is 0.00493. The van der Waals surface area contributed by atoms with Gasteiger partial charge in [-0.25, -0.2) is 0 Å². The third-order valence-corrected chi connectivity index (χ3v) is 4.14. The maximum absolute atomic E-state index is 12.3. The molecule has 3 nitrogen and oxygen atoms in total. The summed E-state index contributed by atoms with van der Waals surface area (Å²) < 4.78 is 0. The Morgan fingerprint density at radius 2 is 1.96 bits per heavy atom. The van der Waals surface area contributed by atoms with Crippen LogP contribution in [-0.4, -0.2) is 25.5 Å². The van der Waals surface area contributed by atoms with E-state index in [4.69, 9.17) is 11.6 Å². The van der Waals surface area contributed by atoms with E-state index < -0.39 is 0 Å². The predicted molar refractivity (Wildman–Crippen MR) is 102 cm³/mol. The number of halogens is 1. The molecule has 0 aromatic heterocycles. The Balaban J connectivity index is 1.88. The van der Waals surface area contributed by atoms with E-state index >= 15 is 0 Å². The summed E-state index contributed by atoms with van der Waals surface area (Å²) in [7, 11) is 0. The highest BCUT2D eigenvalue weighted by atomic mass is 35.5. The van der Waals surface area contributed by atoms with Crippen LogP contribution in [-0.2, 0) is 4.79 Å². The smallest absolute Gasteiger partial charge is 0.279 e. The summed E-state index contributed by atoms with van der Waals surface area (Å²) in [5, 5.41) is 3.58. The van der Waals surface area contributed by atoms with Gasteiger partial charge in [-0.1, -0.05) is 54.1 Å². The van der Waals surface area contributed by atoms with Crippen molar-refractivity contribution in [3.8, 4) is 0 Å². The third-order valence-electron chi connectivity index (χ3n) is 3.90. The highest BCUT2D eigenvalue weighted by molar-refractivity contribution is 6.31. The van der Waals surface area contributed by atoms with Gasteiger partial charge in [0, 0.05) is 10.7 Å². The van der Waals surface area contributed by atoms with Gasteiger partial charge in [0.15, 0.2) is 6.54 Å². The maximum Gasteiger partial charge on any atom is 0.279 e. The van der Waals surface area contributed by atoms with Crippen LogP contribution in [0.3, 0.4) is 0 Å². The SMILES string of the molecule is CC[NH+](C/C=C/c1ccccc1)CC(=O)Nc1cc(Cl)ccc1C. The number of carbonyl (C=O) groups excluding carboxylic acids is 1. The van der Waals surface area contributed by atoms with Crippen LogP contribution >= 0.6 is 11.6 Å². The molecule has 0 aliphatic heterocycles. The van der Waals surface area contributed by atoms with Crippen LogP contribution in [0.1, 0.15) is 18.1 Å². The summed E-state index contributed by atoms with van der Waals surface area (Å²) in [6, 6.07) is 15.7. The van der Waals surface area contributed by atoms with Crippen molar-refractivity contribution in [2.75, 3.05) is 25.0 Å². The van der Waals surface area contributed by atoms with Crippen molar-refractivity contribution in [2.45, 2.75) is 13.8 Å². The number of hydrogen-bond donors (Lipinski definition) is 2. The molecule has 0 radical (unpaired) electrons. The summed E-state index contributed by atoms with van der Waals surface area (Å²) in [5.41, 5.74) is 2.96. The van der Waals surface area contributed by atoms with Crippen molar-refractivity contribution in [2.24, 2.45) is 0 Å². The second-order valence-corrected chi connectivity index (χ2v) is 6.24. The first-order chi connectivity index (χ1) is 11.6. The van der Waals surface area contributed by atoms with Crippen LogP contribution in [0.25, 0.3) is 6.08 Å². The van der Waals surface area contributed by atoms with E-state index in [-0.39, 0.29) is 5.91 Å². The molecule has 4 heteroatoms. The molecule has 0 heterocycles. The normalized spacial score (nSPS) is 12.3. The Labute approximate surface area is 148 Å². The molecule has 2 rings (SSSR count). The number of aryl methyl sites for hydroxylation is 1. The average Bonchev–Trinajstić information content (AvgIpc) is 2.58. The highest BCUT2D eigenvalue weighted by Crippen LogP contribution is 2.19. The molecule has 1 unspecified atom stereocenters. The van der Waals surface area contributed by atoms with Gasteiger partial charge < -0.3 is 10.2 Å². The van der Waals surface area contributed by atoms with Gasteiger partial charge in [0.05, 0.1) is 13.1 Å². The lowest BCUT2D eigenvalue weighted by atomic mass is 10.2. The minimum atomic E-state index is 0.00493.